The molecule has 2 amide bonds. The molecular formula is C17H18F3N5O2. The molecule has 10 heteroatoms. The van der Waals surface area contributed by atoms with E-state index in [1.54, 1.807) is 4.90 Å². The number of amides is 2. The lowest BCUT2D eigenvalue weighted by molar-refractivity contribution is -0.137. The molecule has 0 aromatic carbocycles. The van der Waals surface area contributed by atoms with Crippen molar-refractivity contribution in [2.45, 2.75) is 12.6 Å². The van der Waals surface area contributed by atoms with Crippen LogP contribution in [0.1, 0.15) is 12.0 Å². The number of hydrogen-bond donors (Lipinski definition) is 2. The van der Waals surface area contributed by atoms with Crippen molar-refractivity contribution in [1.82, 2.24) is 14.9 Å². The topological polar surface area (TPSA) is 81.6 Å². The van der Waals surface area contributed by atoms with E-state index >= 15 is 0 Å². The summed E-state index contributed by atoms with van der Waals surface area (Å²) in [6, 6.07) is 4.94. The van der Waals surface area contributed by atoms with Crippen molar-refractivity contribution in [3.63, 3.8) is 0 Å². The Morgan fingerprint density at radius 2 is 1.85 bits per heavy atom. The van der Waals surface area contributed by atoms with E-state index in [0.717, 1.165) is 12.3 Å². The third-order valence-electron chi connectivity index (χ3n) is 4.17. The molecule has 1 aliphatic rings. The van der Waals surface area contributed by atoms with Gasteiger partial charge in [0.2, 0.25) is 0 Å². The number of nitrogens with zero attached hydrogens (tertiary/aromatic N) is 4. The highest BCUT2D eigenvalue weighted by atomic mass is 19.4. The minimum absolute atomic E-state index is 0.00227. The molecule has 3 heterocycles. The summed E-state index contributed by atoms with van der Waals surface area (Å²) >= 11 is 0. The van der Waals surface area contributed by atoms with Crippen LogP contribution in [0.25, 0.3) is 0 Å². The Hall–Kier alpha value is -3.04. The third kappa shape index (κ3) is 4.78. The molecule has 0 saturated carbocycles. The molecular weight excluding hydrogens is 363 g/mol. The molecule has 144 valence electrons. The van der Waals surface area contributed by atoms with E-state index < -0.39 is 11.7 Å². The van der Waals surface area contributed by atoms with Gasteiger partial charge in [-0.3, -0.25) is 5.32 Å². The van der Waals surface area contributed by atoms with Crippen LogP contribution in [-0.2, 0) is 6.18 Å². The summed E-state index contributed by atoms with van der Waals surface area (Å²) in [5.74, 6) is 0.774. The first kappa shape index (κ1) is 18.7. The van der Waals surface area contributed by atoms with Gasteiger partial charge in [0.25, 0.3) is 0 Å². The molecule has 0 radical (unpaired) electrons. The average Bonchev–Trinajstić information content (AvgIpc) is 2.89. The third-order valence-corrected chi connectivity index (χ3v) is 4.17. The monoisotopic (exact) mass is 381 g/mol. The molecule has 2 aromatic heterocycles. The average molecular weight is 381 g/mol. The molecule has 1 aliphatic heterocycles. The lowest BCUT2D eigenvalue weighted by Gasteiger charge is -2.23. The number of carbonyl (C=O) groups is 1. The smallest absolute Gasteiger partial charge is 0.417 e. The number of hydrogen-bond acceptors (Lipinski definition) is 5. The minimum atomic E-state index is -4.42. The minimum Gasteiger partial charge on any atom is -0.506 e. The molecule has 3 rings (SSSR count). The summed E-state index contributed by atoms with van der Waals surface area (Å²) in [4.78, 5) is 23.6. The lowest BCUT2D eigenvalue weighted by Crippen LogP contribution is -2.38. The van der Waals surface area contributed by atoms with Crippen molar-refractivity contribution in [1.29, 1.82) is 0 Å². The van der Waals surface area contributed by atoms with Crippen LogP contribution in [-0.4, -0.2) is 52.2 Å². The summed E-state index contributed by atoms with van der Waals surface area (Å²) in [7, 11) is 0. The van der Waals surface area contributed by atoms with Crippen LogP contribution in [0.4, 0.5) is 29.6 Å². The number of anilines is 2. The second-order valence-electron chi connectivity index (χ2n) is 6.06. The van der Waals surface area contributed by atoms with Crippen LogP contribution in [0.5, 0.6) is 5.75 Å². The van der Waals surface area contributed by atoms with E-state index in [4.69, 9.17) is 0 Å². The molecule has 0 bridgehead atoms. The van der Waals surface area contributed by atoms with Gasteiger partial charge >= 0.3 is 12.2 Å². The van der Waals surface area contributed by atoms with E-state index in [1.165, 1.54) is 24.4 Å². The van der Waals surface area contributed by atoms with Gasteiger partial charge in [0.1, 0.15) is 17.4 Å². The number of carbonyl (C=O) groups excluding carboxylic acids is 1. The van der Waals surface area contributed by atoms with Gasteiger partial charge in [-0.2, -0.15) is 13.2 Å². The molecule has 1 saturated heterocycles. The summed E-state index contributed by atoms with van der Waals surface area (Å²) in [5.41, 5.74) is -0.788. The van der Waals surface area contributed by atoms with Gasteiger partial charge in [-0.05, 0) is 30.7 Å². The van der Waals surface area contributed by atoms with Gasteiger partial charge in [0.15, 0.2) is 0 Å². The van der Waals surface area contributed by atoms with Crippen molar-refractivity contribution in [2.24, 2.45) is 0 Å². The van der Waals surface area contributed by atoms with Gasteiger partial charge in [-0.25, -0.2) is 14.8 Å². The molecule has 0 spiro atoms. The van der Waals surface area contributed by atoms with Gasteiger partial charge in [0.05, 0.1) is 11.8 Å². The molecule has 0 atom stereocenters. The standard InChI is InChI=1S/C17H18F3N5O2/c18-17(19,20)12-2-5-15(22-10-12)24-6-1-7-25(9-8-24)16(27)23-14-4-3-13(26)11-21-14/h2-5,10-11,26H,1,6-9H2,(H,21,23,27). The molecule has 27 heavy (non-hydrogen) atoms. The zero-order chi connectivity index (χ0) is 19.4. The SMILES string of the molecule is O=C(Nc1ccc(O)cn1)N1CCCN(c2ccc(C(F)(F)F)cn2)CC1. The second kappa shape index (κ2) is 7.68. The predicted octanol–water partition coefficient (Wildman–Crippen LogP) is 2.95. The normalized spacial score (nSPS) is 15.4. The number of alkyl halides is 3. The van der Waals surface area contributed by atoms with Crippen LogP contribution < -0.4 is 10.2 Å². The zero-order valence-electron chi connectivity index (χ0n) is 14.3. The van der Waals surface area contributed by atoms with Crippen molar-refractivity contribution < 1.29 is 23.1 Å². The fraction of sp³-hybridized carbons (Fsp3) is 0.353. The first-order valence-electron chi connectivity index (χ1n) is 8.32. The second-order valence-corrected chi connectivity index (χ2v) is 6.06. The van der Waals surface area contributed by atoms with E-state index in [2.05, 4.69) is 15.3 Å². The Kier molecular flexibility index (Phi) is 5.33. The maximum atomic E-state index is 12.6. The van der Waals surface area contributed by atoms with Crippen LogP contribution >= 0.6 is 0 Å². The summed E-state index contributed by atoms with van der Waals surface area (Å²) < 4.78 is 37.9. The Balaban J connectivity index is 1.59. The highest BCUT2D eigenvalue weighted by molar-refractivity contribution is 5.88. The van der Waals surface area contributed by atoms with Gasteiger partial charge < -0.3 is 14.9 Å². The van der Waals surface area contributed by atoms with Gasteiger partial charge in [0, 0.05) is 32.4 Å². The molecule has 2 aromatic rings. The van der Waals surface area contributed by atoms with E-state index in [0.29, 0.717) is 44.2 Å². The van der Waals surface area contributed by atoms with Crippen LogP contribution in [0.2, 0.25) is 0 Å². The first-order chi connectivity index (χ1) is 12.8. The number of rotatable bonds is 2. The molecule has 0 unspecified atom stereocenters. The molecule has 2 N–H and O–H groups in total. The summed E-state index contributed by atoms with van der Waals surface area (Å²) in [5, 5.41) is 11.9. The van der Waals surface area contributed by atoms with E-state index in [-0.39, 0.29) is 11.8 Å². The molecule has 1 fully saturated rings. The van der Waals surface area contributed by atoms with E-state index in [9.17, 15) is 23.1 Å². The number of aromatic nitrogens is 2. The lowest BCUT2D eigenvalue weighted by atomic mass is 10.2. The summed E-state index contributed by atoms with van der Waals surface area (Å²) in [6.07, 6.45) is -1.71. The maximum Gasteiger partial charge on any atom is 0.417 e. The summed E-state index contributed by atoms with van der Waals surface area (Å²) in [6.45, 7) is 1.93. The highest BCUT2D eigenvalue weighted by Gasteiger charge is 2.31. The highest BCUT2D eigenvalue weighted by Crippen LogP contribution is 2.29. The Morgan fingerprint density at radius 3 is 2.48 bits per heavy atom. The van der Waals surface area contributed by atoms with Crippen molar-refractivity contribution in [3.05, 3.63) is 42.2 Å². The molecule has 0 aliphatic carbocycles. The Labute approximate surface area is 153 Å². The Morgan fingerprint density at radius 1 is 1.04 bits per heavy atom. The number of urea groups is 1. The van der Waals surface area contributed by atoms with Crippen LogP contribution in [0.15, 0.2) is 36.7 Å². The fourth-order valence-corrected chi connectivity index (χ4v) is 2.74. The predicted molar refractivity (Wildman–Crippen MR) is 92.6 cm³/mol. The Bertz CT molecular complexity index is 781. The number of halogens is 3. The quantitative estimate of drug-likeness (QED) is 0.836. The maximum absolute atomic E-state index is 12.6. The van der Waals surface area contributed by atoms with Crippen LogP contribution in [0.3, 0.4) is 0 Å². The zero-order valence-corrected chi connectivity index (χ0v) is 14.3. The largest absolute Gasteiger partial charge is 0.506 e. The van der Waals surface area contributed by atoms with Crippen LogP contribution in [0, 0.1) is 0 Å². The van der Waals surface area contributed by atoms with Crippen molar-refractivity contribution in [2.75, 3.05) is 36.4 Å². The fourth-order valence-electron chi connectivity index (χ4n) is 2.74. The molecule has 7 nitrogen and oxygen atoms in total. The van der Waals surface area contributed by atoms with Crippen molar-refractivity contribution in [3.8, 4) is 5.75 Å². The van der Waals surface area contributed by atoms with E-state index in [1.807, 2.05) is 4.90 Å². The first-order valence-corrected chi connectivity index (χ1v) is 8.32. The van der Waals surface area contributed by atoms with Gasteiger partial charge in [-0.1, -0.05) is 0 Å². The van der Waals surface area contributed by atoms with Crippen molar-refractivity contribution >= 4 is 17.7 Å². The number of pyridine rings is 2. The number of aromatic hydroxyl groups is 1. The number of nitrogens with one attached hydrogen (secondary N) is 1. The van der Waals surface area contributed by atoms with Gasteiger partial charge in [-0.15, -0.1) is 0 Å².